The Labute approximate surface area is 104 Å². The second-order valence-electron chi connectivity index (χ2n) is 3.80. The molecule has 0 saturated heterocycles. The molecule has 6 heteroatoms. The Morgan fingerprint density at radius 3 is 2.72 bits per heavy atom. The van der Waals surface area contributed by atoms with Crippen LogP contribution in [-0.2, 0) is 0 Å². The Bertz CT molecular complexity index is 495. The summed E-state index contributed by atoms with van der Waals surface area (Å²) < 4.78 is 5.25. The smallest absolute Gasteiger partial charge is 0.335 e. The molecule has 0 unspecified atom stereocenters. The predicted octanol–water partition coefficient (Wildman–Crippen LogP) is 2.64. The SMILES string of the molecule is C=C(C)CCOc1ccc(C(=O)O)cc1[N+](=O)[O-]. The van der Waals surface area contributed by atoms with Crippen molar-refractivity contribution in [1.82, 2.24) is 0 Å². The second kappa shape index (κ2) is 5.81. The molecule has 0 amide bonds. The van der Waals surface area contributed by atoms with Gasteiger partial charge in [0.2, 0.25) is 0 Å². The number of nitro benzene ring substituents is 1. The van der Waals surface area contributed by atoms with Gasteiger partial charge in [0.25, 0.3) is 0 Å². The highest BCUT2D eigenvalue weighted by Crippen LogP contribution is 2.28. The average molecular weight is 251 g/mol. The molecule has 1 rings (SSSR count). The minimum atomic E-state index is -1.22. The molecule has 0 radical (unpaired) electrons. The molecule has 6 nitrogen and oxygen atoms in total. The van der Waals surface area contributed by atoms with Crippen molar-refractivity contribution >= 4 is 11.7 Å². The van der Waals surface area contributed by atoms with Crippen molar-refractivity contribution in [2.45, 2.75) is 13.3 Å². The maximum atomic E-state index is 10.8. The van der Waals surface area contributed by atoms with Crippen molar-refractivity contribution in [2.75, 3.05) is 6.61 Å². The van der Waals surface area contributed by atoms with Gasteiger partial charge in [-0.15, -0.1) is 6.58 Å². The predicted molar refractivity (Wildman–Crippen MR) is 65.0 cm³/mol. The number of ether oxygens (including phenoxy) is 1. The molecule has 0 aliphatic rings. The Kier molecular flexibility index (Phi) is 4.42. The molecule has 0 aliphatic heterocycles. The van der Waals surface area contributed by atoms with E-state index in [9.17, 15) is 14.9 Å². The lowest BCUT2D eigenvalue weighted by Crippen LogP contribution is -2.03. The fourth-order valence-electron chi connectivity index (χ4n) is 1.25. The van der Waals surface area contributed by atoms with Crippen LogP contribution in [0.2, 0.25) is 0 Å². The topological polar surface area (TPSA) is 89.7 Å². The van der Waals surface area contributed by atoms with Gasteiger partial charge in [0.15, 0.2) is 5.75 Å². The molecule has 0 spiro atoms. The van der Waals surface area contributed by atoms with Gasteiger partial charge < -0.3 is 9.84 Å². The summed E-state index contributed by atoms with van der Waals surface area (Å²) in [6.07, 6.45) is 0.581. The molecule has 1 aromatic carbocycles. The van der Waals surface area contributed by atoms with E-state index < -0.39 is 10.9 Å². The highest BCUT2D eigenvalue weighted by molar-refractivity contribution is 5.88. The Hall–Kier alpha value is -2.37. The maximum Gasteiger partial charge on any atom is 0.335 e. The molecule has 1 N–H and O–H groups in total. The minimum absolute atomic E-state index is 0.0613. The first-order valence-electron chi connectivity index (χ1n) is 5.20. The first-order valence-corrected chi connectivity index (χ1v) is 5.20. The van der Waals surface area contributed by atoms with E-state index in [-0.39, 0.29) is 23.6 Å². The summed E-state index contributed by atoms with van der Waals surface area (Å²) in [5.41, 5.74) is 0.408. The summed E-state index contributed by atoms with van der Waals surface area (Å²) in [6.45, 7) is 5.78. The van der Waals surface area contributed by atoms with Crippen LogP contribution in [0, 0.1) is 10.1 Å². The number of rotatable bonds is 6. The zero-order valence-corrected chi connectivity index (χ0v) is 9.88. The van der Waals surface area contributed by atoms with Crippen molar-refractivity contribution in [3.05, 3.63) is 46.0 Å². The molecule has 0 bridgehead atoms. The number of carboxylic acid groups (broad SMARTS) is 1. The third-order valence-corrected chi connectivity index (χ3v) is 2.19. The largest absolute Gasteiger partial charge is 0.486 e. The Morgan fingerprint density at radius 1 is 1.56 bits per heavy atom. The van der Waals surface area contributed by atoms with Crippen molar-refractivity contribution in [2.24, 2.45) is 0 Å². The van der Waals surface area contributed by atoms with Gasteiger partial charge in [-0.25, -0.2) is 4.79 Å². The lowest BCUT2D eigenvalue weighted by atomic mass is 10.2. The van der Waals surface area contributed by atoms with E-state index in [0.717, 1.165) is 11.6 Å². The molecule has 0 saturated carbocycles. The van der Waals surface area contributed by atoms with E-state index in [1.165, 1.54) is 12.1 Å². The maximum absolute atomic E-state index is 10.8. The molecule has 1 aromatic rings. The molecular formula is C12H13NO5. The molecular weight excluding hydrogens is 238 g/mol. The van der Waals surface area contributed by atoms with Crippen LogP contribution < -0.4 is 4.74 Å². The fourth-order valence-corrected chi connectivity index (χ4v) is 1.25. The van der Waals surface area contributed by atoms with Crippen molar-refractivity contribution in [3.63, 3.8) is 0 Å². The van der Waals surface area contributed by atoms with Crippen LogP contribution in [0.3, 0.4) is 0 Å². The summed E-state index contributed by atoms with van der Waals surface area (Å²) in [5.74, 6) is -1.15. The number of benzene rings is 1. The number of aromatic carboxylic acids is 1. The van der Waals surface area contributed by atoms with E-state index in [0.29, 0.717) is 6.42 Å². The monoisotopic (exact) mass is 251 g/mol. The molecule has 0 aromatic heterocycles. The normalized spacial score (nSPS) is 9.83. The van der Waals surface area contributed by atoms with Crippen molar-refractivity contribution in [3.8, 4) is 5.75 Å². The number of carbonyl (C=O) groups is 1. The molecule has 0 heterocycles. The number of carboxylic acids is 1. The van der Waals surface area contributed by atoms with Crippen LogP contribution in [0.5, 0.6) is 5.75 Å². The van der Waals surface area contributed by atoms with Crippen LogP contribution in [0.1, 0.15) is 23.7 Å². The van der Waals surface area contributed by atoms with Gasteiger partial charge in [-0.05, 0) is 19.1 Å². The lowest BCUT2D eigenvalue weighted by Gasteiger charge is -2.07. The highest BCUT2D eigenvalue weighted by Gasteiger charge is 2.18. The van der Waals surface area contributed by atoms with Gasteiger partial charge in [0, 0.05) is 12.5 Å². The van der Waals surface area contributed by atoms with Crippen molar-refractivity contribution in [1.29, 1.82) is 0 Å². The molecule has 0 atom stereocenters. The minimum Gasteiger partial charge on any atom is -0.486 e. The molecule has 18 heavy (non-hydrogen) atoms. The number of hydrogen-bond donors (Lipinski definition) is 1. The standard InChI is InChI=1S/C12H13NO5/c1-8(2)5-6-18-11-4-3-9(12(14)15)7-10(11)13(16)17/h3-4,7H,1,5-6H2,2H3,(H,14,15). The molecule has 96 valence electrons. The van der Waals surface area contributed by atoms with Gasteiger partial charge >= 0.3 is 11.7 Å². The number of nitro groups is 1. The van der Waals surface area contributed by atoms with Crippen molar-refractivity contribution < 1.29 is 19.6 Å². The summed E-state index contributed by atoms with van der Waals surface area (Å²) in [5, 5.41) is 19.6. The summed E-state index contributed by atoms with van der Waals surface area (Å²) >= 11 is 0. The zero-order valence-electron chi connectivity index (χ0n) is 9.88. The fraction of sp³-hybridized carbons (Fsp3) is 0.250. The third kappa shape index (κ3) is 3.58. The quantitative estimate of drug-likeness (QED) is 0.477. The molecule has 0 aliphatic carbocycles. The van der Waals surface area contributed by atoms with E-state index in [1.54, 1.807) is 0 Å². The first-order chi connectivity index (χ1) is 8.41. The van der Waals surface area contributed by atoms with Crippen LogP contribution in [0.15, 0.2) is 30.4 Å². The van der Waals surface area contributed by atoms with E-state index in [2.05, 4.69) is 6.58 Å². The zero-order chi connectivity index (χ0) is 13.7. The average Bonchev–Trinajstić information content (AvgIpc) is 2.28. The Balaban J connectivity index is 2.93. The van der Waals surface area contributed by atoms with E-state index in [1.807, 2.05) is 6.92 Å². The van der Waals surface area contributed by atoms with E-state index in [4.69, 9.17) is 9.84 Å². The van der Waals surface area contributed by atoms with Crippen LogP contribution in [-0.4, -0.2) is 22.6 Å². The van der Waals surface area contributed by atoms with Gasteiger partial charge in [-0.3, -0.25) is 10.1 Å². The summed E-state index contributed by atoms with van der Waals surface area (Å²) in [7, 11) is 0. The van der Waals surface area contributed by atoms with Crippen LogP contribution in [0.4, 0.5) is 5.69 Å². The van der Waals surface area contributed by atoms with Gasteiger partial charge in [0.1, 0.15) is 0 Å². The van der Waals surface area contributed by atoms with Crippen LogP contribution in [0.25, 0.3) is 0 Å². The first kappa shape index (κ1) is 13.7. The van der Waals surface area contributed by atoms with Crippen LogP contribution >= 0.6 is 0 Å². The summed E-state index contributed by atoms with van der Waals surface area (Å²) in [6, 6.07) is 3.55. The highest BCUT2D eigenvalue weighted by atomic mass is 16.6. The van der Waals surface area contributed by atoms with Gasteiger partial charge in [0.05, 0.1) is 17.1 Å². The second-order valence-corrected chi connectivity index (χ2v) is 3.80. The molecule has 0 fully saturated rings. The number of hydrogen-bond acceptors (Lipinski definition) is 4. The Morgan fingerprint density at radius 2 is 2.22 bits per heavy atom. The van der Waals surface area contributed by atoms with Gasteiger partial charge in [-0.1, -0.05) is 5.57 Å². The summed E-state index contributed by atoms with van der Waals surface area (Å²) in [4.78, 5) is 20.9. The number of nitrogens with zero attached hydrogens (tertiary/aromatic N) is 1. The lowest BCUT2D eigenvalue weighted by molar-refractivity contribution is -0.385. The van der Waals surface area contributed by atoms with Gasteiger partial charge in [-0.2, -0.15) is 0 Å². The van der Waals surface area contributed by atoms with E-state index >= 15 is 0 Å². The third-order valence-electron chi connectivity index (χ3n) is 2.19.